The monoisotopic (exact) mass is 809 g/mol. The fourth-order valence-corrected chi connectivity index (χ4v) is 7.55. The third kappa shape index (κ3) is 11.3. The predicted octanol–water partition coefficient (Wildman–Crippen LogP) is 9.34. The van der Waals surface area contributed by atoms with Gasteiger partial charge in [0.05, 0.1) is 40.6 Å². The number of amides is 2. The molecule has 0 spiro atoms. The highest BCUT2D eigenvalue weighted by molar-refractivity contribution is 6.76. The maximum absolute atomic E-state index is 15.5. The number of halogens is 2. The average molecular weight is 810 g/mol. The van der Waals surface area contributed by atoms with Crippen molar-refractivity contribution < 1.29 is 28.2 Å². The van der Waals surface area contributed by atoms with Crippen LogP contribution in [0.3, 0.4) is 0 Å². The van der Waals surface area contributed by atoms with E-state index in [1.165, 1.54) is 12.1 Å². The lowest BCUT2D eigenvalue weighted by molar-refractivity contribution is -0.0145. The number of benzene rings is 1. The lowest BCUT2D eigenvalue weighted by Crippen LogP contribution is -2.60. The molecule has 2 amide bonds. The number of aromatic nitrogens is 4. The Morgan fingerprint density at radius 2 is 1.62 bits per heavy atom. The number of piperazine rings is 1. The first-order valence-electron chi connectivity index (χ1n) is 19.2. The van der Waals surface area contributed by atoms with Gasteiger partial charge >= 0.3 is 12.2 Å². The summed E-state index contributed by atoms with van der Waals surface area (Å²) in [6, 6.07) is 10.6. The normalized spacial score (nSPS) is 17.0. The molecule has 0 saturated carbocycles. The SMILES string of the molecule is CC1CN(CCN(C(=O)OC(C)(C)C)c2cnc3ccc(-c4ncn(COCC[Si](C)(C)C)c4-c4cc(Cl)ccc4F)nc3c2)CC(C)N1C(=O)OC(C)(C)C. The Kier molecular flexibility index (Phi) is 13.2. The molecule has 0 N–H and O–H groups in total. The molecule has 1 aliphatic heterocycles. The summed E-state index contributed by atoms with van der Waals surface area (Å²) >= 11 is 6.37. The Hall–Kier alpha value is -4.11. The number of carbonyl (C=O) groups is 2. The molecular formula is C41H57ClFN7O5Si. The van der Waals surface area contributed by atoms with Crippen LogP contribution in [0, 0.1) is 5.82 Å². The summed E-state index contributed by atoms with van der Waals surface area (Å²) in [5, 5.41) is 0.385. The minimum absolute atomic E-state index is 0.0981. The van der Waals surface area contributed by atoms with E-state index < -0.39 is 31.2 Å². The van der Waals surface area contributed by atoms with E-state index in [1.807, 2.05) is 61.5 Å². The summed E-state index contributed by atoms with van der Waals surface area (Å²) in [7, 11) is -1.32. The summed E-state index contributed by atoms with van der Waals surface area (Å²) in [5.41, 5.74) is 1.99. The standard InChI is InChI=1S/C41H57ClFN7O5Si/c1-27-23-47(24-28(2)50(27)39(52)55-41(6,7)8)16-17-49(38(51)54-40(3,4)5)30-21-35-33(44-22-30)14-15-34(46-35)36-37(31-20-29(42)12-13-32(31)43)48(25-45-36)26-53-18-19-56(9,10)11/h12-15,20-22,25,27-28H,16-19,23-24,26H2,1-11H3. The van der Waals surface area contributed by atoms with E-state index in [-0.39, 0.29) is 30.5 Å². The van der Waals surface area contributed by atoms with Crippen molar-refractivity contribution in [3.05, 3.63) is 59.8 Å². The van der Waals surface area contributed by atoms with Crippen molar-refractivity contribution in [1.29, 1.82) is 0 Å². The smallest absolute Gasteiger partial charge is 0.414 e. The van der Waals surface area contributed by atoms with Crippen molar-refractivity contribution in [2.24, 2.45) is 0 Å². The summed E-state index contributed by atoms with van der Waals surface area (Å²) in [5.74, 6) is -0.452. The lowest BCUT2D eigenvalue weighted by atomic mass is 10.1. The zero-order chi connectivity index (χ0) is 41.2. The van der Waals surface area contributed by atoms with Crippen LogP contribution in [0.2, 0.25) is 30.7 Å². The van der Waals surface area contributed by atoms with Crippen molar-refractivity contribution in [3.8, 4) is 22.6 Å². The van der Waals surface area contributed by atoms with E-state index in [2.05, 4.69) is 29.5 Å². The molecule has 2 atom stereocenters. The third-order valence-electron chi connectivity index (χ3n) is 9.18. The molecule has 4 heterocycles. The van der Waals surface area contributed by atoms with E-state index in [1.54, 1.807) is 45.1 Å². The molecule has 3 aromatic heterocycles. The van der Waals surface area contributed by atoms with Gasteiger partial charge in [0.15, 0.2) is 0 Å². The lowest BCUT2D eigenvalue weighted by Gasteiger charge is -2.44. The number of hydrogen-bond donors (Lipinski definition) is 0. The molecular weight excluding hydrogens is 753 g/mol. The molecule has 15 heteroatoms. The van der Waals surface area contributed by atoms with E-state index in [4.69, 9.17) is 35.8 Å². The van der Waals surface area contributed by atoms with Crippen molar-refractivity contribution >= 4 is 48.6 Å². The Bertz CT molecular complexity index is 2010. The number of anilines is 1. The number of nitrogens with zero attached hydrogens (tertiary/aromatic N) is 7. The molecule has 12 nitrogen and oxygen atoms in total. The highest BCUT2D eigenvalue weighted by Crippen LogP contribution is 2.35. The maximum Gasteiger partial charge on any atom is 0.414 e. The number of hydrogen-bond acceptors (Lipinski definition) is 9. The number of fused-ring (bicyclic) bond motifs is 1. The first-order chi connectivity index (χ1) is 26.1. The summed E-state index contributed by atoms with van der Waals surface area (Å²) < 4.78 is 34.8. The maximum atomic E-state index is 15.5. The van der Waals surface area contributed by atoms with Gasteiger partial charge in [-0.2, -0.15) is 0 Å². The first kappa shape index (κ1) is 43.0. The van der Waals surface area contributed by atoms with Gasteiger partial charge in [-0.25, -0.2) is 23.9 Å². The Balaban J connectivity index is 1.45. The van der Waals surface area contributed by atoms with Crippen LogP contribution in [0.4, 0.5) is 19.7 Å². The van der Waals surface area contributed by atoms with Crippen LogP contribution in [0.1, 0.15) is 55.4 Å². The van der Waals surface area contributed by atoms with Crippen LogP contribution >= 0.6 is 11.6 Å². The van der Waals surface area contributed by atoms with E-state index in [9.17, 15) is 9.59 Å². The topological polar surface area (TPSA) is 115 Å². The second kappa shape index (κ2) is 17.2. The molecule has 5 rings (SSSR count). The fraction of sp³-hybridized carbons (Fsp3) is 0.537. The summed E-state index contributed by atoms with van der Waals surface area (Å²) in [6.45, 7) is 24.7. The molecule has 0 bridgehead atoms. The zero-order valence-electron chi connectivity index (χ0n) is 34.7. The van der Waals surface area contributed by atoms with Crippen molar-refractivity contribution in [3.63, 3.8) is 0 Å². The van der Waals surface area contributed by atoms with E-state index >= 15 is 4.39 Å². The van der Waals surface area contributed by atoms with Gasteiger partial charge < -0.3 is 23.7 Å². The number of ether oxygens (including phenoxy) is 3. The molecule has 1 saturated heterocycles. The molecule has 0 aliphatic carbocycles. The molecule has 1 aromatic carbocycles. The van der Waals surface area contributed by atoms with E-state index in [0.29, 0.717) is 71.6 Å². The fourth-order valence-electron chi connectivity index (χ4n) is 6.62. The molecule has 1 fully saturated rings. The van der Waals surface area contributed by atoms with Crippen LogP contribution < -0.4 is 4.90 Å². The highest BCUT2D eigenvalue weighted by Gasteiger charge is 2.36. The molecule has 304 valence electrons. The quantitative estimate of drug-likeness (QED) is 0.108. The van der Waals surface area contributed by atoms with Gasteiger partial charge in [0.2, 0.25) is 0 Å². The van der Waals surface area contributed by atoms with E-state index in [0.717, 1.165) is 6.04 Å². The van der Waals surface area contributed by atoms with Crippen molar-refractivity contribution in [2.45, 2.75) is 111 Å². The van der Waals surface area contributed by atoms with Gasteiger partial charge in [-0.1, -0.05) is 31.2 Å². The van der Waals surface area contributed by atoms with Crippen molar-refractivity contribution in [1.82, 2.24) is 29.3 Å². The summed E-state index contributed by atoms with van der Waals surface area (Å²) in [6.07, 6.45) is 2.41. The Morgan fingerprint density at radius 3 is 2.27 bits per heavy atom. The molecule has 0 radical (unpaired) electrons. The van der Waals surface area contributed by atoms with Crippen LogP contribution in [0.25, 0.3) is 33.7 Å². The third-order valence-corrected chi connectivity index (χ3v) is 11.1. The largest absolute Gasteiger partial charge is 0.444 e. The summed E-state index contributed by atoms with van der Waals surface area (Å²) in [4.78, 5) is 46.7. The van der Waals surface area contributed by atoms with Gasteiger partial charge in [0.1, 0.15) is 29.4 Å². The van der Waals surface area contributed by atoms with Gasteiger partial charge in [-0.15, -0.1) is 0 Å². The zero-order valence-corrected chi connectivity index (χ0v) is 36.4. The van der Waals surface area contributed by atoms with Crippen LogP contribution in [0.5, 0.6) is 0 Å². The predicted molar refractivity (Wildman–Crippen MR) is 222 cm³/mol. The van der Waals surface area contributed by atoms with Crippen LogP contribution in [0.15, 0.2) is 48.9 Å². The number of carbonyl (C=O) groups excluding carboxylic acids is 2. The molecule has 56 heavy (non-hydrogen) atoms. The first-order valence-corrected chi connectivity index (χ1v) is 23.3. The minimum Gasteiger partial charge on any atom is -0.444 e. The van der Waals surface area contributed by atoms with Crippen LogP contribution in [-0.4, -0.2) is 106 Å². The average Bonchev–Trinajstić information content (AvgIpc) is 3.48. The number of rotatable bonds is 11. The molecule has 1 aliphatic rings. The Labute approximate surface area is 336 Å². The molecule has 4 aromatic rings. The second-order valence-electron chi connectivity index (χ2n) is 17.8. The molecule has 2 unspecified atom stereocenters. The highest BCUT2D eigenvalue weighted by atomic mass is 35.5. The second-order valence-corrected chi connectivity index (χ2v) is 23.8. The van der Waals surface area contributed by atoms with Crippen molar-refractivity contribution in [2.75, 3.05) is 37.7 Å². The Morgan fingerprint density at radius 1 is 0.946 bits per heavy atom. The van der Waals surface area contributed by atoms with Gasteiger partial charge in [-0.3, -0.25) is 14.8 Å². The van der Waals surface area contributed by atoms with Gasteiger partial charge in [-0.05, 0) is 97.8 Å². The van der Waals surface area contributed by atoms with Crippen LogP contribution in [-0.2, 0) is 20.9 Å². The van der Waals surface area contributed by atoms with Gasteiger partial charge in [0.25, 0.3) is 0 Å². The number of imidazole rings is 1. The minimum atomic E-state index is -1.32. The number of pyridine rings is 2. The van der Waals surface area contributed by atoms with Gasteiger partial charge in [0, 0.05) is 63.5 Å².